The highest BCUT2D eigenvalue weighted by Gasteiger charge is 2.38. The smallest absolute Gasteiger partial charge is 0.350 e. The summed E-state index contributed by atoms with van der Waals surface area (Å²) in [6, 6.07) is 0. The van der Waals surface area contributed by atoms with Crippen LogP contribution < -0.4 is 5.32 Å². The van der Waals surface area contributed by atoms with Crippen LogP contribution in [-0.2, 0) is 4.79 Å². The molecule has 0 saturated heterocycles. The molecule has 6 heteroatoms. The molecular weight excluding hydrogens is 275 g/mol. The molecule has 1 rings (SSSR count). The number of carbonyl (C=O) groups is 1. The van der Waals surface area contributed by atoms with Crippen LogP contribution in [0.25, 0.3) is 0 Å². The molecule has 0 aromatic carbocycles. The summed E-state index contributed by atoms with van der Waals surface area (Å²) in [4.78, 5) is 11.1. The largest absolute Gasteiger partial charge is 0.397 e. The summed E-state index contributed by atoms with van der Waals surface area (Å²) in [6.45, 7) is 0. The molecule has 0 unspecified atom stereocenters. The average molecular weight is 288 g/mol. The molecular formula is C9H13BrF3NO. The fourth-order valence-corrected chi connectivity index (χ4v) is 2.57. The van der Waals surface area contributed by atoms with Crippen LogP contribution in [0.1, 0.15) is 32.1 Å². The zero-order chi connectivity index (χ0) is 11.5. The zero-order valence-electron chi connectivity index (χ0n) is 8.16. The van der Waals surface area contributed by atoms with Crippen molar-refractivity contribution in [1.82, 2.24) is 5.32 Å². The molecule has 0 aromatic rings. The van der Waals surface area contributed by atoms with E-state index < -0.39 is 24.0 Å². The van der Waals surface area contributed by atoms with Crippen molar-refractivity contribution in [2.24, 2.45) is 0 Å². The summed E-state index contributed by atoms with van der Waals surface area (Å²) < 4.78 is 35.8. The predicted molar refractivity (Wildman–Crippen MR) is 53.8 cm³/mol. The number of halogens is 4. The number of carbonyl (C=O) groups excluding carboxylic acids is 1. The third-order valence-corrected chi connectivity index (χ3v) is 3.66. The lowest BCUT2D eigenvalue weighted by Crippen LogP contribution is -2.48. The van der Waals surface area contributed by atoms with E-state index in [0.29, 0.717) is 5.33 Å². The number of amides is 1. The van der Waals surface area contributed by atoms with Crippen LogP contribution in [0.2, 0.25) is 0 Å². The standard InChI is InChI=1S/C9H13BrF3NO/c10-6-8(3-1-2-4-8)14-7(15)5-9(11,12)13/h1-6H2,(H,14,15). The maximum Gasteiger partial charge on any atom is 0.397 e. The van der Waals surface area contributed by atoms with Gasteiger partial charge in [0.1, 0.15) is 6.42 Å². The summed E-state index contributed by atoms with van der Waals surface area (Å²) in [7, 11) is 0. The fraction of sp³-hybridized carbons (Fsp3) is 0.889. The number of rotatable bonds is 3. The summed E-state index contributed by atoms with van der Waals surface area (Å²) in [5.41, 5.74) is -0.456. The van der Waals surface area contributed by atoms with Crippen LogP contribution in [0, 0.1) is 0 Å². The number of nitrogens with one attached hydrogen (secondary N) is 1. The van der Waals surface area contributed by atoms with Gasteiger partial charge in [-0.1, -0.05) is 28.8 Å². The van der Waals surface area contributed by atoms with Crippen molar-refractivity contribution in [2.75, 3.05) is 5.33 Å². The quantitative estimate of drug-likeness (QED) is 0.795. The lowest BCUT2D eigenvalue weighted by Gasteiger charge is -2.28. The van der Waals surface area contributed by atoms with Crippen LogP contribution >= 0.6 is 15.9 Å². The van der Waals surface area contributed by atoms with E-state index >= 15 is 0 Å². The Balaban J connectivity index is 2.49. The summed E-state index contributed by atoms with van der Waals surface area (Å²) in [5, 5.41) is 3.01. The summed E-state index contributed by atoms with van der Waals surface area (Å²) >= 11 is 3.25. The summed E-state index contributed by atoms with van der Waals surface area (Å²) in [5.74, 6) is -0.927. The van der Waals surface area contributed by atoms with E-state index in [1.165, 1.54) is 0 Å². The molecule has 0 radical (unpaired) electrons. The fourth-order valence-electron chi connectivity index (χ4n) is 1.87. The van der Waals surface area contributed by atoms with Crippen molar-refractivity contribution in [3.05, 3.63) is 0 Å². The SMILES string of the molecule is O=C(CC(F)(F)F)NC1(CBr)CCCC1. The second-order valence-electron chi connectivity index (χ2n) is 3.96. The molecule has 15 heavy (non-hydrogen) atoms. The van der Waals surface area contributed by atoms with Gasteiger partial charge >= 0.3 is 6.18 Å². The normalized spacial score (nSPS) is 20.3. The molecule has 1 saturated carbocycles. The lowest BCUT2D eigenvalue weighted by molar-refractivity contribution is -0.154. The Morgan fingerprint density at radius 1 is 1.33 bits per heavy atom. The van der Waals surface area contributed by atoms with E-state index in [0.717, 1.165) is 25.7 Å². The molecule has 0 aromatic heterocycles. The van der Waals surface area contributed by atoms with Gasteiger partial charge in [-0.15, -0.1) is 0 Å². The van der Waals surface area contributed by atoms with Crippen LogP contribution in [0.3, 0.4) is 0 Å². The Morgan fingerprint density at radius 3 is 2.27 bits per heavy atom. The van der Waals surface area contributed by atoms with Gasteiger partial charge in [0.25, 0.3) is 0 Å². The topological polar surface area (TPSA) is 29.1 Å². The maximum atomic E-state index is 11.9. The van der Waals surface area contributed by atoms with Crippen molar-refractivity contribution in [1.29, 1.82) is 0 Å². The molecule has 0 spiro atoms. The van der Waals surface area contributed by atoms with Crippen molar-refractivity contribution in [3.63, 3.8) is 0 Å². The average Bonchev–Trinajstić information content (AvgIpc) is 2.50. The molecule has 1 aliphatic carbocycles. The van der Waals surface area contributed by atoms with Crippen LogP contribution in [-0.4, -0.2) is 23.0 Å². The minimum atomic E-state index is -4.42. The molecule has 88 valence electrons. The molecule has 1 aliphatic rings. The van der Waals surface area contributed by atoms with Gasteiger partial charge in [-0.3, -0.25) is 4.79 Å². The first-order chi connectivity index (χ1) is 6.87. The third kappa shape index (κ3) is 4.01. The molecule has 0 heterocycles. The van der Waals surface area contributed by atoms with E-state index in [1.807, 2.05) is 0 Å². The van der Waals surface area contributed by atoms with Gasteiger partial charge < -0.3 is 5.32 Å². The zero-order valence-corrected chi connectivity index (χ0v) is 9.75. The lowest BCUT2D eigenvalue weighted by atomic mass is 10.0. The highest BCUT2D eigenvalue weighted by Crippen LogP contribution is 2.31. The van der Waals surface area contributed by atoms with Gasteiger partial charge in [-0.2, -0.15) is 13.2 Å². The van der Waals surface area contributed by atoms with E-state index in [9.17, 15) is 18.0 Å². The maximum absolute atomic E-state index is 11.9. The number of hydrogen-bond donors (Lipinski definition) is 1. The van der Waals surface area contributed by atoms with Gasteiger partial charge in [-0.25, -0.2) is 0 Å². The van der Waals surface area contributed by atoms with Gasteiger partial charge in [0.05, 0.1) is 0 Å². The minimum Gasteiger partial charge on any atom is -0.350 e. The number of alkyl halides is 4. The van der Waals surface area contributed by atoms with Gasteiger partial charge in [0.15, 0.2) is 0 Å². The predicted octanol–water partition coefficient (Wildman–Crippen LogP) is 2.76. The van der Waals surface area contributed by atoms with Crippen LogP contribution in [0.4, 0.5) is 13.2 Å². The Hall–Kier alpha value is -0.260. The first-order valence-corrected chi connectivity index (χ1v) is 5.93. The monoisotopic (exact) mass is 287 g/mol. The molecule has 1 N–H and O–H groups in total. The van der Waals surface area contributed by atoms with Gasteiger partial charge in [0.2, 0.25) is 5.91 Å². The Bertz CT molecular complexity index is 236. The van der Waals surface area contributed by atoms with E-state index in [2.05, 4.69) is 21.2 Å². The van der Waals surface area contributed by atoms with Gasteiger partial charge in [-0.05, 0) is 12.8 Å². The molecule has 0 atom stereocenters. The minimum absolute atomic E-state index is 0.456. The van der Waals surface area contributed by atoms with Crippen LogP contribution in [0.15, 0.2) is 0 Å². The van der Waals surface area contributed by atoms with Crippen molar-refractivity contribution < 1.29 is 18.0 Å². The van der Waals surface area contributed by atoms with Crippen molar-refractivity contribution in [2.45, 2.75) is 43.8 Å². The van der Waals surface area contributed by atoms with E-state index in [-0.39, 0.29) is 0 Å². The van der Waals surface area contributed by atoms with Gasteiger partial charge in [0, 0.05) is 10.9 Å². The number of hydrogen-bond acceptors (Lipinski definition) is 1. The van der Waals surface area contributed by atoms with Crippen LogP contribution in [0.5, 0.6) is 0 Å². The molecule has 1 fully saturated rings. The summed E-state index contributed by atoms with van der Waals surface area (Å²) in [6.07, 6.45) is -2.39. The molecule has 1 amide bonds. The van der Waals surface area contributed by atoms with E-state index in [1.54, 1.807) is 0 Å². The Kier molecular flexibility index (Phi) is 4.03. The first-order valence-electron chi connectivity index (χ1n) is 4.81. The second-order valence-corrected chi connectivity index (χ2v) is 4.52. The Labute approximate surface area is 94.7 Å². The third-order valence-electron chi connectivity index (χ3n) is 2.58. The van der Waals surface area contributed by atoms with Crippen molar-refractivity contribution in [3.8, 4) is 0 Å². The first kappa shape index (κ1) is 12.8. The Morgan fingerprint density at radius 2 is 1.87 bits per heavy atom. The van der Waals surface area contributed by atoms with Crippen molar-refractivity contribution >= 4 is 21.8 Å². The second kappa shape index (κ2) is 4.72. The molecule has 2 nitrogen and oxygen atoms in total. The molecule has 0 aliphatic heterocycles. The molecule has 0 bridgehead atoms. The van der Waals surface area contributed by atoms with E-state index in [4.69, 9.17) is 0 Å². The highest BCUT2D eigenvalue weighted by molar-refractivity contribution is 9.09. The highest BCUT2D eigenvalue weighted by atomic mass is 79.9.